The number of ether oxygens (including phenoxy) is 1. The van der Waals surface area contributed by atoms with E-state index in [1.807, 2.05) is 0 Å². The van der Waals surface area contributed by atoms with E-state index in [0.29, 0.717) is 37.6 Å². The van der Waals surface area contributed by atoms with Gasteiger partial charge in [0.05, 0.1) is 10.8 Å². The summed E-state index contributed by atoms with van der Waals surface area (Å²) in [5.41, 5.74) is 0. The monoisotopic (exact) mass is 388 g/mol. The van der Waals surface area contributed by atoms with Crippen LogP contribution in [0, 0.1) is 5.92 Å². The summed E-state index contributed by atoms with van der Waals surface area (Å²) in [5.74, 6) is -0.310. The Hall–Kier alpha value is -1.15. The first-order valence-corrected chi connectivity index (χ1v) is 10.2. The SMILES string of the molecule is COCCCN(C)C(=O)C1CCCN(S(=O)(=O)c2ccc(Cl)cc2)C1. The molecule has 1 aromatic rings. The zero-order chi connectivity index (χ0) is 18.4. The van der Waals surface area contributed by atoms with E-state index in [9.17, 15) is 13.2 Å². The molecular weight excluding hydrogens is 364 g/mol. The molecule has 1 atom stereocenters. The van der Waals surface area contributed by atoms with Gasteiger partial charge in [-0.3, -0.25) is 4.79 Å². The summed E-state index contributed by atoms with van der Waals surface area (Å²) in [5, 5.41) is 0.489. The average molecular weight is 389 g/mol. The topological polar surface area (TPSA) is 66.9 Å². The molecule has 1 amide bonds. The molecule has 0 radical (unpaired) electrons. The van der Waals surface area contributed by atoms with Crippen molar-refractivity contribution >= 4 is 27.5 Å². The number of carbonyl (C=O) groups is 1. The van der Waals surface area contributed by atoms with Crippen molar-refractivity contribution in [2.45, 2.75) is 24.2 Å². The standard InChI is InChI=1S/C17H25ClN2O4S/c1-19(10-4-12-24-2)17(21)14-5-3-11-20(13-14)25(22,23)16-8-6-15(18)7-9-16/h6-9,14H,3-5,10-13H2,1-2H3. The molecule has 6 nitrogen and oxygen atoms in total. The predicted molar refractivity (Wildman–Crippen MR) is 97.1 cm³/mol. The maximum atomic E-state index is 12.8. The molecule has 1 saturated heterocycles. The quantitative estimate of drug-likeness (QED) is 0.672. The molecule has 0 N–H and O–H groups in total. The molecular formula is C17H25ClN2O4S. The van der Waals surface area contributed by atoms with Gasteiger partial charge in [0.25, 0.3) is 0 Å². The number of sulfonamides is 1. The number of nitrogens with zero attached hydrogens (tertiary/aromatic N) is 2. The van der Waals surface area contributed by atoms with E-state index in [0.717, 1.165) is 6.42 Å². The summed E-state index contributed by atoms with van der Waals surface area (Å²) in [7, 11) is -0.226. The number of carbonyl (C=O) groups excluding carboxylic acids is 1. The molecule has 1 aliphatic heterocycles. The Kier molecular flexibility index (Phi) is 7.25. The van der Waals surface area contributed by atoms with Gasteiger partial charge in [0.2, 0.25) is 15.9 Å². The van der Waals surface area contributed by atoms with Gasteiger partial charge in [-0.2, -0.15) is 4.31 Å². The second-order valence-electron chi connectivity index (χ2n) is 6.26. The zero-order valence-corrected chi connectivity index (χ0v) is 16.2. The van der Waals surface area contributed by atoms with Crippen LogP contribution in [0.5, 0.6) is 0 Å². The Morgan fingerprint density at radius 1 is 1.36 bits per heavy atom. The van der Waals surface area contributed by atoms with E-state index >= 15 is 0 Å². The number of hydrogen-bond donors (Lipinski definition) is 0. The van der Waals surface area contributed by atoms with Crippen molar-refractivity contribution in [3.05, 3.63) is 29.3 Å². The molecule has 140 valence electrons. The fraction of sp³-hybridized carbons (Fsp3) is 0.588. The Morgan fingerprint density at radius 2 is 2.04 bits per heavy atom. The van der Waals surface area contributed by atoms with Gasteiger partial charge in [0, 0.05) is 45.4 Å². The normalized spacial score (nSPS) is 18.9. The highest BCUT2D eigenvalue weighted by Crippen LogP contribution is 2.25. The Labute approximate surface area is 154 Å². The van der Waals surface area contributed by atoms with Crippen LogP contribution >= 0.6 is 11.6 Å². The molecule has 25 heavy (non-hydrogen) atoms. The lowest BCUT2D eigenvalue weighted by molar-refractivity contribution is -0.135. The van der Waals surface area contributed by atoms with Crippen LogP contribution in [0.3, 0.4) is 0 Å². The van der Waals surface area contributed by atoms with Crippen LogP contribution in [0.25, 0.3) is 0 Å². The first-order valence-electron chi connectivity index (χ1n) is 8.36. The molecule has 1 heterocycles. The van der Waals surface area contributed by atoms with Crippen molar-refractivity contribution < 1.29 is 17.9 Å². The van der Waals surface area contributed by atoms with E-state index in [2.05, 4.69) is 0 Å². The van der Waals surface area contributed by atoms with Gasteiger partial charge in [0.15, 0.2) is 0 Å². The zero-order valence-electron chi connectivity index (χ0n) is 14.7. The summed E-state index contributed by atoms with van der Waals surface area (Å²) < 4.78 is 32.0. The third-order valence-electron chi connectivity index (χ3n) is 4.40. The summed E-state index contributed by atoms with van der Waals surface area (Å²) >= 11 is 5.83. The minimum atomic E-state index is -3.61. The molecule has 0 saturated carbocycles. The van der Waals surface area contributed by atoms with E-state index in [-0.39, 0.29) is 23.3 Å². The molecule has 2 rings (SSSR count). The predicted octanol–water partition coefficient (Wildman–Crippen LogP) is 2.24. The van der Waals surface area contributed by atoms with Crippen molar-refractivity contribution in [1.29, 1.82) is 0 Å². The molecule has 0 aromatic heterocycles. The highest BCUT2D eigenvalue weighted by Gasteiger charge is 2.34. The van der Waals surface area contributed by atoms with Crippen LogP contribution in [0.2, 0.25) is 5.02 Å². The lowest BCUT2D eigenvalue weighted by Crippen LogP contribution is -2.46. The van der Waals surface area contributed by atoms with Crippen LogP contribution in [0.1, 0.15) is 19.3 Å². The van der Waals surface area contributed by atoms with Crippen LogP contribution in [0.15, 0.2) is 29.2 Å². The number of piperidine rings is 1. The van der Waals surface area contributed by atoms with Gasteiger partial charge in [-0.05, 0) is 43.5 Å². The molecule has 1 fully saturated rings. The maximum absolute atomic E-state index is 12.8. The molecule has 1 aromatic carbocycles. The van der Waals surface area contributed by atoms with Crippen LogP contribution in [-0.4, -0.2) is 63.9 Å². The van der Waals surface area contributed by atoms with E-state index in [1.54, 1.807) is 31.2 Å². The number of halogens is 1. The first kappa shape index (κ1) is 20.2. The first-order chi connectivity index (χ1) is 11.9. The second kappa shape index (κ2) is 8.98. The number of hydrogen-bond acceptors (Lipinski definition) is 4. The van der Waals surface area contributed by atoms with Crippen molar-refractivity contribution in [2.75, 3.05) is 40.4 Å². The lowest BCUT2D eigenvalue weighted by Gasteiger charge is -2.33. The number of methoxy groups -OCH3 is 1. The fourth-order valence-electron chi connectivity index (χ4n) is 2.99. The van der Waals surface area contributed by atoms with Gasteiger partial charge in [0.1, 0.15) is 0 Å². The number of benzene rings is 1. The van der Waals surface area contributed by atoms with Crippen LogP contribution in [-0.2, 0) is 19.6 Å². The highest BCUT2D eigenvalue weighted by molar-refractivity contribution is 7.89. The lowest BCUT2D eigenvalue weighted by atomic mass is 9.98. The molecule has 0 spiro atoms. The third-order valence-corrected chi connectivity index (χ3v) is 6.53. The molecule has 0 bridgehead atoms. The van der Waals surface area contributed by atoms with Crippen molar-refractivity contribution in [1.82, 2.24) is 9.21 Å². The minimum absolute atomic E-state index is 0.00731. The molecule has 8 heteroatoms. The third kappa shape index (κ3) is 5.17. The van der Waals surface area contributed by atoms with E-state index in [1.165, 1.54) is 16.4 Å². The summed E-state index contributed by atoms with van der Waals surface area (Å²) in [4.78, 5) is 14.5. The van der Waals surface area contributed by atoms with Crippen LogP contribution in [0.4, 0.5) is 0 Å². The maximum Gasteiger partial charge on any atom is 0.243 e. The van der Waals surface area contributed by atoms with Gasteiger partial charge in [-0.25, -0.2) is 8.42 Å². The molecule has 1 aliphatic rings. The van der Waals surface area contributed by atoms with Gasteiger partial charge < -0.3 is 9.64 Å². The molecule has 1 unspecified atom stereocenters. The Balaban J connectivity index is 2.04. The van der Waals surface area contributed by atoms with Crippen LogP contribution < -0.4 is 0 Å². The van der Waals surface area contributed by atoms with Gasteiger partial charge in [-0.1, -0.05) is 11.6 Å². The van der Waals surface area contributed by atoms with E-state index in [4.69, 9.17) is 16.3 Å². The fourth-order valence-corrected chi connectivity index (χ4v) is 4.64. The second-order valence-corrected chi connectivity index (χ2v) is 8.64. The van der Waals surface area contributed by atoms with Crippen molar-refractivity contribution in [3.63, 3.8) is 0 Å². The Bertz CT molecular complexity index is 678. The Morgan fingerprint density at radius 3 is 2.68 bits per heavy atom. The minimum Gasteiger partial charge on any atom is -0.385 e. The number of amides is 1. The molecule has 0 aliphatic carbocycles. The van der Waals surface area contributed by atoms with Crippen molar-refractivity contribution in [3.8, 4) is 0 Å². The summed E-state index contributed by atoms with van der Waals surface area (Å²) in [6, 6.07) is 6.12. The van der Waals surface area contributed by atoms with Gasteiger partial charge >= 0.3 is 0 Å². The van der Waals surface area contributed by atoms with E-state index < -0.39 is 10.0 Å². The highest BCUT2D eigenvalue weighted by atomic mass is 35.5. The summed E-state index contributed by atoms with van der Waals surface area (Å²) in [6.07, 6.45) is 2.15. The number of rotatable bonds is 7. The largest absolute Gasteiger partial charge is 0.385 e. The summed E-state index contributed by atoms with van der Waals surface area (Å²) in [6.45, 7) is 1.85. The van der Waals surface area contributed by atoms with Gasteiger partial charge in [-0.15, -0.1) is 0 Å². The van der Waals surface area contributed by atoms with Crippen molar-refractivity contribution in [2.24, 2.45) is 5.92 Å². The smallest absolute Gasteiger partial charge is 0.243 e. The average Bonchev–Trinajstić information content (AvgIpc) is 2.61.